The van der Waals surface area contributed by atoms with Crippen molar-refractivity contribution in [2.75, 3.05) is 13.2 Å². The van der Waals surface area contributed by atoms with Gasteiger partial charge in [0.15, 0.2) is 0 Å². The number of aromatic nitrogens is 3. The first-order chi connectivity index (χ1) is 12.8. The predicted octanol–water partition coefficient (Wildman–Crippen LogP) is 4.21. The molecule has 6 nitrogen and oxygen atoms in total. The van der Waals surface area contributed by atoms with Crippen LogP contribution in [-0.4, -0.2) is 28.3 Å². The zero-order valence-electron chi connectivity index (χ0n) is 14.3. The molecular weight excluding hydrogens is 330 g/mol. The lowest BCUT2D eigenvalue weighted by Crippen LogP contribution is -2.18. The summed E-state index contributed by atoms with van der Waals surface area (Å²) in [7, 11) is 0. The van der Waals surface area contributed by atoms with Crippen LogP contribution in [0.1, 0.15) is 31.1 Å². The van der Waals surface area contributed by atoms with Gasteiger partial charge in [-0.3, -0.25) is 0 Å². The van der Waals surface area contributed by atoms with Gasteiger partial charge in [-0.15, -0.1) is 0 Å². The SMILES string of the molecule is c1ccc(Oc2ccc(-c3noc(C4CC45CCOCC5)n3)cn2)cc1. The van der Waals surface area contributed by atoms with E-state index in [9.17, 15) is 0 Å². The van der Waals surface area contributed by atoms with Crippen LogP contribution in [0.15, 0.2) is 53.2 Å². The van der Waals surface area contributed by atoms with Crippen molar-refractivity contribution in [1.82, 2.24) is 15.1 Å². The number of rotatable bonds is 4. The molecule has 5 rings (SSSR count). The molecule has 0 amide bonds. The van der Waals surface area contributed by atoms with E-state index in [0.717, 1.165) is 49.7 Å². The lowest BCUT2D eigenvalue weighted by atomic mass is 9.94. The van der Waals surface area contributed by atoms with Crippen LogP contribution in [0.2, 0.25) is 0 Å². The Labute approximate surface area is 151 Å². The summed E-state index contributed by atoms with van der Waals surface area (Å²) in [5.74, 6) is 2.98. The molecule has 1 saturated carbocycles. The number of hydrogen-bond acceptors (Lipinski definition) is 6. The van der Waals surface area contributed by atoms with Crippen LogP contribution in [0.4, 0.5) is 0 Å². The third-order valence-electron chi connectivity index (χ3n) is 5.38. The van der Waals surface area contributed by atoms with Crippen LogP contribution in [0.3, 0.4) is 0 Å². The van der Waals surface area contributed by atoms with Crippen LogP contribution in [0, 0.1) is 5.41 Å². The molecule has 1 spiro atoms. The van der Waals surface area contributed by atoms with Crippen molar-refractivity contribution in [2.45, 2.75) is 25.2 Å². The number of hydrogen-bond donors (Lipinski definition) is 0. The Morgan fingerprint density at radius 1 is 1.04 bits per heavy atom. The summed E-state index contributed by atoms with van der Waals surface area (Å²) in [5.41, 5.74) is 1.15. The second-order valence-corrected chi connectivity index (χ2v) is 6.99. The number of ether oxygens (including phenoxy) is 2. The predicted molar refractivity (Wildman–Crippen MR) is 93.9 cm³/mol. The molecule has 1 aliphatic carbocycles. The van der Waals surface area contributed by atoms with E-state index in [1.807, 2.05) is 42.5 Å². The van der Waals surface area contributed by atoms with Gasteiger partial charge in [0, 0.05) is 37.0 Å². The third kappa shape index (κ3) is 2.86. The van der Waals surface area contributed by atoms with Crippen LogP contribution >= 0.6 is 0 Å². The lowest BCUT2D eigenvalue weighted by molar-refractivity contribution is 0.0544. The lowest BCUT2D eigenvalue weighted by Gasteiger charge is -2.21. The van der Waals surface area contributed by atoms with Crippen molar-refractivity contribution < 1.29 is 14.0 Å². The van der Waals surface area contributed by atoms with Gasteiger partial charge in [-0.2, -0.15) is 4.98 Å². The number of para-hydroxylation sites is 1. The average Bonchev–Trinajstić information content (AvgIpc) is 3.15. The van der Waals surface area contributed by atoms with E-state index < -0.39 is 0 Å². The average molecular weight is 349 g/mol. The molecule has 0 N–H and O–H groups in total. The molecule has 6 heteroatoms. The van der Waals surface area contributed by atoms with Crippen molar-refractivity contribution in [3.63, 3.8) is 0 Å². The van der Waals surface area contributed by atoms with Crippen molar-refractivity contribution in [3.8, 4) is 23.0 Å². The van der Waals surface area contributed by atoms with E-state index >= 15 is 0 Å². The van der Waals surface area contributed by atoms with Gasteiger partial charge in [0.25, 0.3) is 0 Å². The molecular formula is C20H19N3O3. The zero-order valence-corrected chi connectivity index (χ0v) is 14.3. The van der Waals surface area contributed by atoms with Gasteiger partial charge in [-0.25, -0.2) is 4.98 Å². The van der Waals surface area contributed by atoms with Gasteiger partial charge in [0.05, 0.1) is 0 Å². The number of benzene rings is 1. The minimum absolute atomic E-state index is 0.327. The van der Waals surface area contributed by atoms with Gasteiger partial charge in [0.2, 0.25) is 17.6 Å². The van der Waals surface area contributed by atoms with Gasteiger partial charge in [-0.1, -0.05) is 23.4 Å². The van der Waals surface area contributed by atoms with E-state index in [0.29, 0.717) is 23.0 Å². The Morgan fingerprint density at radius 2 is 1.88 bits per heavy atom. The smallest absolute Gasteiger partial charge is 0.230 e. The van der Waals surface area contributed by atoms with Crippen molar-refractivity contribution >= 4 is 0 Å². The largest absolute Gasteiger partial charge is 0.439 e. The monoisotopic (exact) mass is 349 g/mol. The van der Waals surface area contributed by atoms with Gasteiger partial charge < -0.3 is 14.0 Å². The van der Waals surface area contributed by atoms with E-state index in [1.54, 1.807) is 6.20 Å². The quantitative estimate of drug-likeness (QED) is 0.703. The second-order valence-electron chi connectivity index (χ2n) is 6.99. The Hall–Kier alpha value is -2.73. The highest BCUT2D eigenvalue weighted by molar-refractivity contribution is 5.53. The standard InChI is InChI=1S/C20H19N3O3/c1-2-4-15(5-3-1)25-17-7-6-14(13-21-17)18-22-19(26-23-18)16-12-20(16)8-10-24-11-9-20/h1-7,13,16H,8-12H2. The summed E-state index contributed by atoms with van der Waals surface area (Å²) in [6, 6.07) is 13.3. The summed E-state index contributed by atoms with van der Waals surface area (Å²) in [6.07, 6.45) is 5.01. The number of pyridine rings is 1. The molecule has 0 radical (unpaired) electrons. The van der Waals surface area contributed by atoms with Crippen molar-refractivity contribution in [1.29, 1.82) is 0 Å². The molecule has 26 heavy (non-hydrogen) atoms. The first-order valence-corrected chi connectivity index (χ1v) is 8.93. The Balaban J connectivity index is 1.29. The van der Waals surface area contributed by atoms with Gasteiger partial charge >= 0.3 is 0 Å². The molecule has 2 aromatic heterocycles. The minimum atomic E-state index is 0.327. The summed E-state index contributed by atoms with van der Waals surface area (Å²) in [6.45, 7) is 1.68. The molecule has 132 valence electrons. The van der Waals surface area contributed by atoms with E-state index in [4.69, 9.17) is 14.0 Å². The molecule has 1 aromatic carbocycles. The highest BCUT2D eigenvalue weighted by Gasteiger charge is 2.57. The molecule has 0 bridgehead atoms. The normalized spacial score (nSPS) is 20.8. The Bertz CT molecular complexity index is 886. The maximum Gasteiger partial charge on any atom is 0.230 e. The highest BCUT2D eigenvalue weighted by atomic mass is 16.5. The van der Waals surface area contributed by atoms with E-state index in [2.05, 4.69) is 15.1 Å². The summed E-state index contributed by atoms with van der Waals surface area (Å²) < 4.78 is 16.7. The summed E-state index contributed by atoms with van der Waals surface area (Å²) in [5, 5.41) is 4.14. The zero-order chi connectivity index (χ0) is 17.4. The molecule has 3 aromatic rings. The topological polar surface area (TPSA) is 70.3 Å². The molecule has 1 aliphatic heterocycles. The highest BCUT2D eigenvalue weighted by Crippen LogP contribution is 2.64. The molecule has 1 atom stereocenters. The summed E-state index contributed by atoms with van der Waals surface area (Å²) in [4.78, 5) is 8.95. The fraction of sp³-hybridized carbons (Fsp3) is 0.350. The molecule has 1 unspecified atom stereocenters. The minimum Gasteiger partial charge on any atom is -0.439 e. The molecule has 2 aliphatic rings. The van der Waals surface area contributed by atoms with Crippen LogP contribution < -0.4 is 4.74 Å². The Morgan fingerprint density at radius 3 is 2.65 bits per heavy atom. The third-order valence-corrected chi connectivity index (χ3v) is 5.38. The van der Waals surface area contributed by atoms with Crippen LogP contribution in [0.5, 0.6) is 11.6 Å². The fourth-order valence-electron chi connectivity index (χ4n) is 3.70. The maximum atomic E-state index is 5.71. The van der Waals surface area contributed by atoms with E-state index in [-0.39, 0.29) is 0 Å². The van der Waals surface area contributed by atoms with Crippen LogP contribution in [-0.2, 0) is 4.74 Å². The molecule has 1 saturated heterocycles. The van der Waals surface area contributed by atoms with Gasteiger partial charge in [-0.05, 0) is 42.9 Å². The fourth-order valence-corrected chi connectivity index (χ4v) is 3.70. The van der Waals surface area contributed by atoms with Crippen molar-refractivity contribution in [3.05, 3.63) is 54.6 Å². The first kappa shape index (κ1) is 15.5. The van der Waals surface area contributed by atoms with Crippen LogP contribution in [0.25, 0.3) is 11.4 Å². The second kappa shape index (κ2) is 6.21. The summed E-state index contributed by atoms with van der Waals surface area (Å²) >= 11 is 0. The maximum absolute atomic E-state index is 5.71. The number of nitrogens with zero attached hydrogens (tertiary/aromatic N) is 3. The molecule has 3 heterocycles. The van der Waals surface area contributed by atoms with Gasteiger partial charge in [0.1, 0.15) is 5.75 Å². The Kier molecular flexibility index (Phi) is 3.71. The van der Waals surface area contributed by atoms with Crippen molar-refractivity contribution in [2.24, 2.45) is 5.41 Å². The van der Waals surface area contributed by atoms with E-state index in [1.165, 1.54) is 0 Å². The molecule has 2 fully saturated rings. The first-order valence-electron chi connectivity index (χ1n) is 8.93.